The molecule has 0 bridgehead atoms. The van der Waals surface area contributed by atoms with Gasteiger partial charge in [-0.15, -0.1) is 0 Å². The first kappa shape index (κ1) is 15.4. The van der Waals surface area contributed by atoms with Crippen LogP contribution in [0.25, 0.3) is 21.7 Å². The summed E-state index contributed by atoms with van der Waals surface area (Å²) in [5.41, 5.74) is 0.740. The van der Waals surface area contributed by atoms with Crippen LogP contribution >= 0.6 is 0 Å². The highest BCUT2D eigenvalue weighted by Crippen LogP contribution is 2.25. The molecule has 1 amide bonds. The maximum atomic E-state index is 12.7. The van der Waals surface area contributed by atoms with Crippen molar-refractivity contribution < 1.29 is 14.7 Å². The van der Waals surface area contributed by atoms with Crippen LogP contribution in [0, 0.1) is 0 Å². The highest BCUT2D eigenvalue weighted by molar-refractivity contribution is 6.08. The van der Waals surface area contributed by atoms with Gasteiger partial charge >= 0.3 is 5.97 Å². The molecule has 3 aromatic rings. The Kier molecular flexibility index (Phi) is 3.53. The SMILES string of the molecule is O=C(O)[C@H]1CCCN1C(=O)c1ccc2c(c1)[nH]c(=O)c1ccccc12. The Morgan fingerprint density at radius 1 is 1.08 bits per heavy atom. The van der Waals surface area contributed by atoms with Crippen molar-refractivity contribution in [3.05, 3.63) is 58.4 Å². The average molecular weight is 336 g/mol. The highest BCUT2D eigenvalue weighted by atomic mass is 16.4. The number of aromatic amines is 1. The quantitative estimate of drug-likeness (QED) is 0.703. The van der Waals surface area contributed by atoms with E-state index in [-0.39, 0.29) is 11.5 Å². The number of carbonyl (C=O) groups is 2. The number of nitrogens with one attached hydrogen (secondary N) is 1. The van der Waals surface area contributed by atoms with E-state index in [1.165, 1.54) is 4.90 Å². The van der Waals surface area contributed by atoms with E-state index < -0.39 is 12.0 Å². The fourth-order valence-electron chi connectivity index (χ4n) is 3.55. The first-order valence-corrected chi connectivity index (χ1v) is 8.15. The molecule has 6 nitrogen and oxygen atoms in total. The molecule has 0 spiro atoms. The number of carboxylic acids is 1. The molecule has 0 radical (unpaired) electrons. The summed E-state index contributed by atoms with van der Waals surface area (Å²) in [6, 6.07) is 11.6. The standard InChI is InChI=1S/C19H16N2O4/c22-17-14-5-2-1-4-12(14)13-8-7-11(10-15(13)20-17)18(23)21-9-3-6-16(21)19(24)25/h1-2,4-5,7-8,10,16H,3,6,9H2,(H,20,22)(H,24,25)/t16-/m1/s1. The number of rotatable bonds is 2. The van der Waals surface area contributed by atoms with Crippen LogP contribution in [0.3, 0.4) is 0 Å². The van der Waals surface area contributed by atoms with Crippen molar-refractivity contribution in [2.75, 3.05) is 6.54 Å². The van der Waals surface area contributed by atoms with E-state index in [2.05, 4.69) is 4.98 Å². The molecule has 0 saturated carbocycles. The van der Waals surface area contributed by atoms with Gasteiger partial charge < -0.3 is 15.0 Å². The fraction of sp³-hybridized carbons (Fsp3) is 0.211. The minimum absolute atomic E-state index is 0.211. The minimum atomic E-state index is -0.981. The minimum Gasteiger partial charge on any atom is -0.480 e. The van der Waals surface area contributed by atoms with Crippen LogP contribution in [-0.4, -0.2) is 39.5 Å². The molecule has 6 heteroatoms. The monoisotopic (exact) mass is 336 g/mol. The number of carbonyl (C=O) groups excluding carboxylic acids is 1. The molecule has 4 rings (SSSR count). The zero-order valence-electron chi connectivity index (χ0n) is 13.4. The van der Waals surface area contributed by atoms with Crippen LogP contribution in [0.5, 0.6) is 0 Å². The van der Waals surface area contributed by atoms with Crippen molar-refractivity contribution in [1.29, 1.82) is 0 Å². The van der Waals surface area contributed by atoms with Crippen LogP contribution in [0.4, 0.5) is 0 Å². The number of hydrogen-bond acceptors (Lipinski definition) is 3. The zero-order valence-corrected chi connectivity index (χ0v) is 13.4. The van der Waals surface area contributed by atoms with Crippen molar-refractivity contribution in [3.8, 4) is 0 Å². The second-order valence-electron chi connectivity index (χ2n) is 6.25. The Balaban J connectivity index is 1.82. The predicted octanol–water partition coefficient (Wildman–Crippen LogP) is 2.37. The average Bonchev–Trinajstić information content (AvgIpc) is 3.11. The lowest BCUT2D eigenvalue weighted by atomic mass is 10.0. The highest BCUT2D eigenvalue weighted by Gasteiger charge is 2.34. The van der Waals surface area contributed by atoms with E-state index in [4.69, 9.17) is 0 Å². The number of amides is 1. The molecule has 1 aliphatic heterocycles. The van der Waals surface area contributed by atoms with Crippen LogP contribution in [-0.2, 0) is 4.79 Å². The van der Waals surface area contributed by atoms with Crippen LogP contribution in [0.15, 0.2) is 47.3 Å². The lowest BCUT2D eigenvalue weighted by Crippen LogP contribution is -2.40. The second-order valence-corrected chi connectivity index (χ2v) is 6.25. The number of hydrogen-bond donors (Lipinski definition) is 2. The third-order valence-corrected chi connectivity index (χ3v) is 4.78. The maximum Gasteiger partial charge on any atom is 0.326 e. The van der Waals surface area contributed by atoms with Crippen molar-refractivity contribution >= 4 is 33.6 Å². The predicted molar refractivity (Wildman–Crippen MR) is 93.8 cm³/mol. The van der Waals surface area contributed by atoms with E-state index >= 15 is 0 Å². The molecule has 2 aromatic carbocycles. The molecule has 25 heavy (non-hydrogen) atoms. The van der Waals surface area contributed by atoms with Crippen LogP contribution < -0.4 is 5.56 Å². The third-order valence-electron chi connectivity index (χ3n) is 4.78. The van der Waals surface area contributed by atoms with E-state index in [0.29, 0.717) is 35.9 Å². The first-order chi connectivity index (χ1) is 12.1. The van der Waals surface area contributed by atoms with Gasteiger partial charge in [-0.1, -0.05) is 24.3 Å². The van der Waals surface area contributed by atoms with Gasteiger partial charge in [-0.25, -0.2) is 4.79 Å². The summed E-state index contributed by atoms with van der Waals surface area (Å²) >= 11 is 0. The van der Waals surface area contributed by atoms with Crippen LogP contribution in [0.1, 0.15) is 23.2 Å². The molecule has 1 aliphatic rings. The third kappa shape index (κ3) is 2.46. The van der Waals surface area contributed by atoms with Gasteiger partial charge in [-0.05, 0) is 36.4 Å². The maximum absolute atomic E-state index is 12.7. The van der Waals surface area contributed by atoms with Crippen molar-refractivity contribution in [2.24, 2.45) is 0 Å². The normalized spacial score (nSPS) is 17.3. The number of aliphatic carboxylic acids is 1. The largest absolute Gasteiger partial charge is 0.480 e. The van der Waals surface area contributed by atoms with Crippen molar-refractivity contribution in [3.63, 3.8) is 0 Å². The van der Waals surface area contributed by atoms with Crippen molar-refractivity contribution in [2.45, 2.75) is 18.9 Å². The molecule has 0 unspecified atom stereocenters. The van der Waals surface area contributed by atoms with Gasteiger partial charge in [0.05, 0.1) is 0 Å². The Morgan fingerprint density at radius 2 is 1.84 bits per heavy atom. The Bertz CT molecular complexity index is 1070. The smallest absolute Gasteiger partial charge is 0.326 e. The topological polar surface area (TPSA) is 90.5 Å². The Labute approximate surface area is 142 Å². The zero-order chi connectivity index (χ0) is 17.6. The molecule has 1 atom stereocenters. The number of carboxylic acid groups (broad SMARTS) is 1. The van der Waals surface area contributed by atoms with Gasteiger partial charge in [-0.2, -0.15) is 0 Å². The summed E-state index contributed by atoms with van der Waals surface area (Å²) in [5.74, 6) is -1.30. The van der Waals surface area contributed by atoms with Crippen molar-refractivity contribution in [1.82, 2.24) is 9.88 Å². The molecule has 2 N–H and O–H groups in total. The molecule has 0 aliphatic carbocycles. The van der Waals surface area contributed by atoms with E-state index in [9.17, 15) is 19.5 Å². The molecule has 1 aromatic heterocycles. The number of benzene rings is 2. The molecular weight excluding hydrogens is 320 g/mol. The molecular formula is C19H16N2O4. The van der Waals surface area contributed by atoms with Gasteiger partial charge in [-0.3, -0.25) is 9.59 Å². The summed E-state index contributed by atoms with van der Waals surface area (Å²) in [6.07, 6.45) is 1.15. The number of likely N-dealkylation sites (tertiary alicyclic amines) is 1. The molecule has 2 heterocycles. The number of H-pyrrole nitrogens is 1. The van der Waals surface area contributed by atoms with Gasteiger partial charge in [0.15, 0.2) is 0 Å². The Hall–Kier alpha value is -3.15. The van der Waals surface area contributed by atoms with Gasteiger partial charge in [0.1, 0.15) is 6.04 Å². The number of pyridine rings is 1. The molecule has 1 saturated heterocycles. The van der Waals surface area contributed by atoms with E-state index in [1.54, 1.807) is 30.3 Å². The molecule has 126 valence electrons. The summed E-state index contributed by atoms with van der Waals surface area (Å²) < 4.78 is 0. The summed E-state index contributed by atoms with van der Waals surface area (Å²) in [6.45, 7) is 0.433. The summed E-state index contributed by atoms with van der Waals surface area (Å²) in [5, 5.41) is 11.5. The lowest BCUT2D eigenvalue weighted by molar-refractivity contribution is -0.141. The number of aromatic nitrogens is 1. The summed E-state index contributed by atoms with van der Waals surface area (Å²) in [7, 11) is 0. The van der Waals surface area contributed by atoms with E-state index in [0.717, 1.165) is 10.8 Å². The summed E-state index contributed by atoms with van der Waals surface area (Å²) in [4.78, 5) is 40.5. The van der Waals surface area contributed by atoms with Gasteiger partial charge in [0.2, 0.25) is 0 Å². The van der Waals surface area contributed by atoms with Gasteiger partial charge in [0.25, 0.3) is 11.5 Å². The van der Waals surface area contributed by atoms with E-state index in [1.807, 2.05) is 12.1 Å². The number of nitrogens with zero attached hydrogens (tertiary/aromatic N) is 1. The molecule has 1 fully saturated rings. The lowest BCUT2D eigenvalue weighted by Gasteiger charge is -2.21. The first-order valence-electron chi connectivity index (χ1n) is 8.15. The Morgan fingerprint density at radius 3 is 2.60 bits per heavy atom. The van der Waals surface area contributed by atoms with Crippen LogP contribution in [0.2, 0.25) is 0 Å². The fourth-order valence-corrected chi connectivity index (χ4v) is 3.55. The van der Waals surface area contributed by atoms with Gasteiger partial charge in [0, 0.05) is 28.4 Å². The second kappa shape index (κ2) is 5.73. The number of fused-ring (bicyclic) bond motifs is 3.